The first-order chi connectivity index (χ1) is 9.34. The van der Waals surface area contributed by atoms with Crippen LogP contribution in [0.2, 0.25) is 0 Å². The molecule has 0 aromatic carbocycles. The summed E-state index contributed by atoms with van der Waals surface area (Å²) in [5.41, 5.74) is 10.0. The number of aromatic nitrogens is 4. The minimum atomic E-state index is -4.40. The minimum Gasteiger partial charge on any atom is -0.368 e. The fraction of sp³-hybridized carbons (Fsp3) is 0.200. The van der Waals surface area contributed by atoms with Crippen molar-refractivity contribution >= 4 is 23.7 Å². The number of hydrogen-bond donors (Lipinski definition) is 2. The summed E-state index contributed by atoms with van der Waals surface area (Å²) < 4.78 is 37.1. The summed E-state index contributed by atoms with van der Waals surface area (Å²) in [6.07, 6.45) is -3.62. The quantitative estimate of drug-likeness (QED) is 0.832. The lowest BCUT2D eigenvalue weighted by atomic mass is 10.3. The zero-order chi connectivity index (χ0) is 14.8. The standard InChI is InChI=1S/C10H9F3N6S/c11-10(12,13)5-1-2-7(16-3-5)20-4-6-17-8(14)19-9(15)18-6/h1-3H,4H2,(H4,14,15,17,18,19). The molecule has 10 heteroatoms. The second kappa shape index (κ2) is 5.49. The summed E-state index contributed by atoms with van der Waals surface area (Å²) >= 11 is 1.17. The van der Waals surface area contributed by atoms with E-state index < -0.39 is 11.7 Å². The van der Waals surface area contributed by atoms with Crippen molar-refractivity contribution in [1.82, 2.24) is 19.9 Å². The number of alkyl halides is 3. The Morgan fingerprint density at radius 2 is 1.70 bits per heavy atom. The van der Waals surface area contributed by atoms with Crippen molar-refractivity contribution in [2.24, 2.45) is 0 Å². The van der Waals surface area contributed by atoms with E-state index in [1.54, 1.807) is 0 Å². The first-order valence-electron chi connectivity index (χ1n) is 5.26. The van der Waals surface area contributed by atoms with Crippen LogP contribution in [0.1, 0.15) is 11.4 Å². The highest BCUT2D eigenvalue weighted by Gasteiger charge is 2.30. The van der Waals surface area contributed by atoms with Crippen molar-refractivity contribution in [3.8, 4) is 0 Å². The van der Waals surface area contributed by atoms with E-state index in [-0.39, 0.29) is 17.6 Å². The van der Waals surface area contributed by atoms with Crippen molar-refractivity contribution in [3.63, 3.8) is 0 Å². The molecular formula is C10H9F3N6S. The van der Waals surface area contributed by atoms with Gasteiger partial charge in [0.15, 0.2) is 0 Å². The third kappa shape index (κ3) is 3.70. The molecule has 0 aliphatic carbocycles. The predicted octanol–water partition coefficient (Wildman–Crippen LogP) is 1.74. The maximum Gasteiger partial charge on any atom is 0.417 e. The highest BCUT2D eigenvalue weighted by Crippen LogP contribution is 2.29. The van der Waals surface area contributed by atoms with Gasteiger partial charge in [0.1, 0.15) is 5.82 Å². The second-order valence-corrected chi connectivity index (χ2v) is 4.64. The summed E-state index contributed by atoms with van der Waals surface area (Å²) in [6.45, 7) is 0. The molecule has 20 heavy (non-hydrogen) atoms. The fourth-order valence-electron chi connectivity index (χ4n) is 1.29. The summed E-state index contributed by atoms with van der Waals surface area (Å²) in [5, 5.41) is 0.413. The molecule has 2 heterocycles. The molecule has 0 saturated carbocycles. The van der Waals surface area contributed by atoms with Gasteiger partial charge < -0.3 is 11.5 Å². The Labute approximate surface area is 115 Å². The lowest BCUT2D eigenvalue weighted by Gasteiger charge is -2.06. The summed E-state index contributed by atoms with van der Waals surface area (Å²) in [5.74, 6) is 0.596. The van der Waals surface area contributed by atoms with E-state index in [1.165, 1.54) is 17.8 Å². The molecular weight excluding hydrogens is 293 g/mol. The molecule has 4 N–H and O–H groups in total. The van der Waals surface area contributed by atoms with Crippen LogP contribution in [-0.4, -0.2) is 19.9 Å². The smallest absolute Gasteiger partial charge is 0.368 e. The molecule has 0 atom stereocenters. The van der Waals surface area contributed by atoms with Crippen molar-refractivity contribution in [3.05, 3.63) is 29.7 Å². The Morgan fingerprint density at radius 1 is 1.05 bits per heavy atom. The zero-order valence-corrected chi connectivity index (χ0v) is 10.7. The third-order valence-corrected chi connectivity index (χ3v) is 3.07. The predicted molar refractivity (Wildman–Crippen MR) is 67.5 cm³/mol. The molecule has 0 fully saturated rings. The van der Waals surface area contributed by atoms with Crippen LogP contribution in [0.4, 0.5) is 25.1 Å². The molecule has 0 aliphatic heterocycles. The highest BCUT2D eigenvalue weighted by molar-refractivity contribution is 7.98. The van der Waals surface area contributed by atoms with Gasteiger partial charge >= 0.3 is 6.18 Å². The van der Waals surface area contributed by atoms with E-state index in [1.807, 2.05) is 0 Å². The van der Waals surface area contributed by atoms with Crippen LogP contribution in [0, 0.1) is 0 Å². The van der Waals surface area contributed by atoms with Crippen LogP contribution >= 0.6 is 11.8 Å². The van der Waals surface area contributed by atoms with Crippen LogP contribution < -0.4 is 11.5 Å². The minimum absolute atomic E-state index is 0.00604. The van der Waals surface area contributed by atoms with E-state index in [0.29, 0.717) is 10.9 Å². The number of thioether (sulfide) groups is 1. The molecule has 0 saturated heterocycles. The topological polar surface area (TPSA) is 104 Å². The van der Waals surface area contributed by atoms with Gasteiger partial charge in [0, 0.05) is 6.20 Å². The molecule has 106 valence electrons. The number of rotatable bonds is 3. The van der Waals surface area contributed by atoms with Crippen LogP contribution in [0.25, 0.3) is 0 Å². The summed E-state index contributed by atoms with van der Waals surface area (Å²) in [6, 6.07) is 2.24. The Bertz CT molecular complexity index is 581. The van der Waals surface area contributed by atoms with Gasteiger partial charge in [-0.3, -0.25) is 0 Å². The molecule has 2 rings (SSSR count). The number of nitrogen functional groups attached to an aromatic ring is 2. The van der Waals surface area contributed by atoms with E-state index in [2.05, 4.69) is 19.9 Å². The summed E-state index contributed by atoms with van der Waals surface area (Å²) in [7, 11) is 0. The van der Waals surface area contributed by atoms with E-state index >= 15 is 0 Å². The third-order valence-electron chi connectivity index (χ3n) is 2.13. The normalized spacial score (nSPS) is 11.6. The average molecular weight is 302 g/mol. The van der Waals surface area contributed by atoms with Gasteiger partial charge in [-0.1, -0.05) is 11.8 Å². The van der Waals surface area contributed by atoms with Gasteiger partial charge in [0.2, 0.25) is 11.9 Å². The second-order valence-electron chi connectivity index (χ2n) is 3.64. The summed E-state index contributed by atoms with van der Waals surface area (Å²) in [4.78, 5) is 15.0. The van der Waals surface area contributed by atoms with Gasteiger partial charge in [0.25, 0.3) is 0 Å². The first kappa shape index (κ1) is 14.3. The lowest BCUT2D eigenvalue weighted by Crippen LogP contribution is -2.06. The number of anilines is 2. The molecule has 0 aliphatic rings. The average Bonchev–Trinajstić information content (AvgIpc) is 2.35. The molecule has 0 unspecified atom stereocenters. The SMILES string of the molecule is Nc1nc(N)nc(CSc2ccc(C(F)(F)F)cn2)n1. The van der Waals surface area contributed by atoms with E-state index in [4.69, 9.17) is 11.5 Å². The van der Waals surface area contributed by atoms with Gasteiger partial charge in [-0.25, -0.2) is 4.98 Å². The Morgan fingerprint density at radius 3 is 2.20 bits per heavy atom. The Hall–Kier alpha value is -2.10. The maximum atomic E-state index is 12.4. The largest absolute Gasteiger partial charge is 0.417 e. The van der Waals surface area contributed by atoms with Gasteiger partial charge in [-0.2, -0.15) is 28.1 Å². The van der Waals surface area contributed by atoms with E-state index in [9.17, 15) is 13.2 Å². The zero-order valence-electron chi connectivity index (χ0n) is 9.92. The van der Waals surface area contributed by atoms with Crippen LogP contribution in [0.3, 0.4) is 0 Å². The number of hydrogen-bond acceptors (Lipinski definition) is 7. The monoisotopic (exact) mass is 302 g/mol. The van der Waals surface area contributed by atoms with Crippen molar-refractivity contribution in [1.29, 1.82) is 0 Å². The van der Waals surface area contributed by atoms with Crippen LogP contribution in [0.15, 0.2) is 23.4 Å². The molecule has 0 amide bonds. The van der Waals surface area contributed by atoms with E-state index in [0.717, 1.165) is 12.3 Å². The number of halogens is 3. The van der Waals surface area contributed by atoms with Crippen LogP contribution in [0.5, 0.6) is 0 Å². The Kier molecular flexibility index (Phi) is 3.93. The van der Waals surface area contributed by atoms with Crippen molar-refractivity contribution < 1.29 is 13.2 Å². The fourth-order valence-corrected chi connectivity index (χ4v) is 1.99. The molecule has 2 aromatic heterocycles. The maximum absolute atomic E-state index is 12.4. The molecule has 6 nitrogen and oxygen atoms in total. The van der Waals surface area contributed by atoms with Crippen molar-refractivity contribution in [2.75, 3.05) is 11.5 Å². The van der Waals surface area contributed by atoms with Crippen molar-refractivity contribution in [2.45, 2.75) is 17.0 Å². The highest BCUT2D eigenvalue weighted by atomic mass is 32.2. The first-order valence-corrected chi connectivity index (χ1v) is 6.25. The number of nitrogens with two attached hydrogens (primary N) is 2. The van der Waals surface area contributed by atoms with Crippen LogP contribution in [-0.2, 0) is 11.9 Å². The molecule has 2 aromatic rings. The lowest BCUT2D eigenvalue weighted by molar-refractivity contribution is -0.137. The Balaban J connectivity index is 2.04. The molecule has 0 radical (unpaired) electrons. The number of nitrogens with zero attached hydrogens (tertiary/aromatic N) is 4. The molecule has 0 spiro atoms. The van der Waals surface area contributed by atoms with Gasteiger partial charge in [0.05, 0.1) is 16.3 Å². The number of pyridine rings is 1. The van der Waals surface area contributed by atoms with Gasteiger partial charge in [-0.05, 0) is 12.1 Å². The molecule has 0 bridgehead atoms. The van der Waals surface area contributed by atoms with Gasteiger partial charge in [-0.15, -0.1) is 0 Å².